The molecule has 2 aromatic rings. The van der Waals surface area contributed by atoms with E-state index in [1.807, 2.05) is 42.5 Å². The standard InChI is InChI=1S/C22H26N2O2/c1-22(2,3)17-11-9-16(10-12-17)20(25)21(26)24-14-13-19(15-24)23-18-7-5-4-6-8-18/h4-12,19,23H,13-15H2,1-3H3. The Hall–Kier alpha value is -2.62. The molecule has 1 unspecified atom stereocenters. The number of rotatable bonds is 4. The molecule has 1 aliphatic rings. The maximum absolute atomic E-state index is 12.6. The van der Waals surface area contributed by atoms with Gasteiger partial charge in [-0.1, -0.05) is 63.2 Å². The smallest absolute Gasteiger partial charge is 0.295 e. The van der Waals surface area contributed by atoms with Gasteiger partial charge >= 0.3 is 0 Å². The average molecular weight is 350 g/mol. The van der Waals surface area contributed by atoms with Crippen LogP contribution in [0.1, 0.15) is 43.1 Å². The number of ketones is 1. The molecule has 26 heavy (non-hydrogen) atoms. The van der Waals surface area contributed by atoms with Crippen molar-refractivity contribution in [2.75, 3.05) is 18.4 Å². The summed E-state index contributed by atoms with van der Waals surface area (Å²) in [6, 6.07) is 17.5. The van der Waals surface area contributed by atoms with Crippen molar-refractivity contribution in [2.45, 2.75) is 38.6 Å². The molecule has 1 heterocycles. The number of benzene rings is 2. The number of amides is 1. The van der Waals surface area contributed by atoms with Crippen LogP contribution in [-0.2, 0) is 10.2 Å². The molecule has 0 aliphatic carbocycles. The maximum atomic E-state index is 12.6. The SMILES string of the molecule is CC(C)(C)c1ccc(C(=O)C(=O)N2CCC(Nc3ccccc3)C2)cc1. The normalized spacial score (nSPS) is 17.2. The Morgan fingerprint density at radius 1 is 1.00 bits per heavy atom. The first-order chi connectivity index (χ1) is 12.3. The Morgan fingerprint density at radius 3 is 2.27 bits per heavy atom. The van der Waals surface area contributed by atoms with Gasteiger partial charge in [-0.2, -0.15) is 0 Å². The topological polar surface area (TPSA) is 49.4 Å². The second-order valence-electron chi connectivity index (χ2n) is 7.90. The molecule has 136 valence electrons. The number of Topliss-reactive ketones (excluding diaryl/α,β-unsaturated/α-hetero) is 1. The molecule has 1 saturated heterocycles. The van der Waals surface area contributed by atoms with E-state index in [0.29, 0.717) is 18.7 Å². The Labute approximate surface area is 155 Å². The predicted molar refractivity (Wildman–Crippen MR) is 105 cm³/mol. The van der Waals surface area contributed by atoms with E-state index in [1.54, 1.807) is 17.0 Å². The van der Waals surface area contributed by atoms with Gasteiger partial charge in [-0.05, 0) is 29.5 Å². The van der Waals surface area contributed by atoms with Crippen LogP contribution in [0.5, 0.6) is 0 Å². The summed E-state index contributed by atoms with van der Waals surface area (Å²) in [6.07, 6.45) is 0.844. The lowest BCUT2D eigenvalue weighted by molar-refractivity contribution is -0.125. The first-order valence-electron chi connectivity index (χ1n) is 9.10. The van der Waals surface area contributed by atoms with Crippen molar-refractivity contribution >= 4 is 17.4 Å². The molecular formula is C22H26N2O2. The van der Waals surface area contributed by atoms with Crippen LogP contribution in [0.4, 0.5) is 5.69 Å². The number of nitrogens with one attached hydrogen (secondary N) is 1. The number of hydrogen-bond acceptors (Lipinski definition) is 3. The Kier molecular flexibility index (Phi) is 5.12. The van der Waals surface area contributed by atoms with Crippen LogP contribution in [0, 0.1) is 0 Å². The van der Waals surface area contributed by atoms with Crippen molar-refractivity contribution in [3.8, 4) is 0 Å². The number of hydrogen-bond donors (Lipinski definition) is 1. The fourth-order valence-corrected chi connectivity index (χ4v) is 3.22. The molecular weight excluding hydrogens is 324 g/mol. The number of anilines is 1. The predicted octanol–water partition coefficient (Wildman–Crippen LogP) is 3.88. The highest BCUT2D eigenvalue weighted by Crippen LogP contribution is 2.23. The minimum Gasteiger partial charge on any atom is -0.380 e. The fourth-order valence-electron chi connectivity index (χ4n) is 3.22. The van der Waals surface area contributed by atoms with Crippen LogP contribution < -0.4 is 5.32 Å². The van der Waals surface area contributed by atoms with Gasteiger partial charge in [-0.3, -0.25) is 9.59 Å². The largest absolute Gasteiger partial charge is 0.380 e. The quantitative estimate of drug-likeness (QED) is 0.672. The van der Waals surface area contributed by atoms with Crippen molar-refractivity contribution in [2.24, 2.45) is 0 Å². The third-order valence-corrected chi connectivity index (χ3v) is 4.83. The summed E-state index contributed by atoms with van der Waals surface area (Å²) in [4.78, 5) is 26.8. The van der Waals surface area contributed by atoms with Gasteiger partial charge in [0, 0.05) is 30.4 Å². The van der Waals surface area contributed by atoms with Gasteiger partial charge in [-0.25, -0.2) is 0 Å². The van der Waals surface area contributed by atoms with Gasteiger partial charge in [0.25, 0.3) is 5.91 Å². The van der Waals surface area contributed by atoms with Crippen LogP contribution in [0.3, 0.4) is 0 Å². The van der Waals surface area contributed by atoms with Gasteiger partial charge in [-0.15, -0.1) is 0 Å². The maximum Gasteiger partial charge on any atom is 0.295 e. The van der Waals surface area contributed by atoms with Crippen molar-refractivity contribution in [1.29, 1.82) is 0 Å². The molecule has 0 saturated carbocycles. The van der Waals surface area contributed by atoms with Crippen molar-refractivity contribution in [3.05, 3.63) is 65.7 Å². The third-order valence-electron chi connectivity index (χ3n) is 4.83. The molecule has 1 N–H and O–H groups in total. The summed E-state index contributed by atoms with van der Waals surface area (Å²) in [6.45, 7) is 7.53. The molecule has 0 aromatic heterocycles. The van der Waals surface area contributed by atoms with E-state index in [1.165, 1.54) is 0 Å². The van der Waals surface area contributed by atoms with Crippen molar-refractivity contribution in [3.63, 3.8) is 0 Å². The van der Waals surface area contributed by atoms with Gasteiger partial charge in [0.05, 0.1) is 0 Å². The van der Waals surface area contributed by atoms with Crippen LogP contribution in [0.25, 0.3) is 0 Å². The number of carbonyl (C=O) groups excluding carboxylic acids is 2. The lowest BCUT2D eigenvalue weighted by Gasteiger charge is -2.19. The van der Waals surface area contributed by atoms with Gasteiger partial charge in [0.15, 0.2) is 0 Å². The lowest BCUT2D eigenvalue weighted by atomic mass is 9.86. The van der Waals surface area contributed by atoms with E-state index < -0.39 is 11.7 Å². The van der Waals surface area contributed by atoms with E-state index >= 15 is 0 Å². The van der Waals surface area contributed by atoms with E-state index in [9.17, 15) is 9.59 Å². The van der Waals surface area contributed by atoms with Gasteiger partial charge < -0.3 is 10.2 Å². The summed E-state index contributed by atoms with van der Waals surface area (Å²) < 4.78 is 0. The van der Waals surface area contributed by atoms with E-state index in [-0.39, 0.29) is 11.5 Å². The minimum atomic E-state index is -0.425. The second kappa shape index (κ2) is 7.32. The molecule has 0 radical (unpaired) electrons. The molecule has 4 heteroatoms. The lowest BCUT2D eigenvalue weighted by Crippen LogP contribution is -2.36. The van der Waals surface area contributed by atoms with Crippen LogP contribution >= 0.6 is 0 Å². The van der Waals surface area contributed by atoms with Crippen LogP contribution in [-0.4, -0.2) is 35.7 Å². The Morgan fingerprint density at radius 2 is 1.65 bits per heavy atom. The summed E-state index contributed by atoms with van der Waals surface area (Å²) in [7, 11) is 0. The van der Waals surface area contributed by atoms with Crippen molar-refractivity contribution < 1.29 is 9.59 Å². The first kappa shape index (κ1) is 18.2. The molecule has 1 fully saturated rings. The summed E-state index contributed by atoms with van der Waals surface area (Å²) in [5.74, 6) is -0.836. The van der Waals surface area contributed by atoms with Crippen molar-refractivity contribution in [1.82, 2.24) is 4.90 Å². The second-order valence-corrected chi connectivity index (χ2v) is 7.90. The average Bonchev–Trinajstić information content (AvgIpc) is 3.09. The highest BCUT2D eigenvalue weighted by atomic mass is 16.2. The molecule has 0 bridgehead atoms. The summed E-state index contributed by atoms with van der Waals surface area (Å²) >= 11 is 0. The minimum absolute atomic E-state index is 0.0247. The van der Waals surface area contributed by atoms with Gasteiger partial charge in [0.2, 0.25) is 5.78 Å². The van der Waals surface area contributed by atoms with E-state index in [2.05, 4.69) is 26.1 Å². The third kappa shape index (κ3) is 4.13. The fraction of sp³-hybridized carbons (Fsp3) is 0.364. The molecule has 1 atom stereocenters. The summed E-state index contributed by atoms with van der Waals surface area (Å²) in [5.41, 5.74) is 2.67. The molecule has 2 aromatic carbocycles. The van der Waals surface area contributed by atoms with Crippen LogP contribution in [0.2, 0.25) is 0 Å². The Balaban J connectivity index is 1.61. The number of likely N-dealkylation sites (tertiary alicyclic amines) is 1. The van der Waals surface area contributed by atoms with Crippen LogP contribution in [0.15, 0.2) is 54.6 Å². The number of nitrogens with zero attached hydrogens (tertiary/aromatic N) is 1. The molecule has 4 nitrogen and oxygen atoms in total. The first-order valence-corrected chi connectivity index (χ1v) is 9.10. The zero-order valence-electron chi connectivity index (χ0n) is 15.7. The van der Waals surface area contributed by atoms with Gasteiger partial charge in [0.1, 0.15) is 0 Å². The molecule has 1 aliphatic heterocycles. The van der Waals surface area contributed by atoms with E-state index in [0.717, 1.165) is 17.7 Å². The molecule has 0 spiro atoms. The van der Waals surface area contributed by atoms with E-state index in [4.69, 9.17) is 0 Å². The monoisotopic (exact) mass is 350 g/mol. The number of para-hydroxylation sites is 1. The zero-order chi connectivity index (χ0) is 18.7. The summed E-state index contributed by atoms with van der Waals surface area (Å²) in [5, 5.41) is 3.42. The molecule has 1 amide bonds. The Bertz CT molecular complexity index is 776. The highest BCUT2D eigenvalue weighted by molar-refractivity contribution is 6.42. The highest BCUT2D eigenvalue weighted by Gasteiger charge is 2.30. The number of carbonyl (C=O) groups is 2. The molecule has 3 rings (SSSR count). The zero-order valence-corrected chi connectivity index (χ0v) is 15.7.